The molecular weight excluding hydrogens is 532 g/mol. The van der Waals surface area contributed by atoms with Crippen molar-refractivity contribution in [1.82, 2.24) is 14.5 Å². The van der Waals surface area contributed by atoms with Gasteiger partial charge in [0.25, 0.3) is 0 Å². The summed E-state index contributed by atoms with van der Waals surface area (Å²) in [6, 6.07) is 24.3. The van der Waals surface area contributed by atoms with E-state index >= 15 is 0 Å². The zero-order valence-electron chi connectivity index (χ0n) is 21.3. The molecule has 1 unspecified atom stereocenters. The molecule has 12 heteroatoms. The average Bonchev–Trinajstić information content (AvgIpc) is 3.33. The maximum atomic E-state index is 13.1. The summed E-state index contributed by atoms with van der Waals surface area (Å²) in [7, 11) is 0. The Morgan fingerprint density at radius 3 is 1.90 bits per heavy atom. The maximum Gasteiger partial charge on any atom is 0.355 e. The predicted molar refractivity (Wildman–Crippen MR) is 142 cm³/mol. The third-order valence-corrected chi connectivity index (χ3v) is 5.87. The Labute approximate surface area is 232 Å². The highest BCUT2D eigenvalue weighted by Crippen LogP contribution is 2.36. The average molecular weight is 555 g/mol. The second kappa shape index (κ2) is 11.9. The fourth-order valence-electron chi connectivity index (χ4n) is 3.90. The molecule has 206 valence electrons. The Balaban J connectivity index is 1.53. The molecule has 0 saturated carbocycles. The van der Waals surface area contributed by atoms with Crippen LogP contribution < -0.4 is 11.4 Å². The van der Waals surface area contributed by atoms with Crippen molar-refractivity contribution in [2.45, 2.75) is 12.3 Å². The molecule has 1 aromatic heterocycles. The molecule has 4 aromatic rings. The van der Waals surface area contributed by atoms with Gasteiger partial charge in [0.2, 0.25) is 18.3 Å². The van der Waals surface area contributed by atoms with Crippen LogP contribution in [0.3, 0.4) is 0 Å². The summed E-state index contributed by atoms with van der Waals surface area (Å²) >= 11 is 0. The van der Waals surface area contributed by atoms with E-state index in [1.54, 1.807) is 66.7 Å². The first-order chi connectivity index (χ1) is 19.9. The number of nitrogens with two attached hydrogens (primary N) is 1. The minimum absolute atomic E-state index is 0.168. The van der Waals surface area contributed by atoms with Crippen molar-refractivity contribution in [1.29, 1.82) is 0 Å². The molecule has 1 aliphatic heterocycles. The SMILES string of the molecule is Nc1ncn([C@@H]2OC(COC(=O)c3ccccc3)=C(OC(=O)c3ccccc3)C2OC(=O)c2ccccc2)c(=O)n1. The van der Waals surface area contributed by atoms with Crippen LogP contribution in [0.4, 0.5) is 5.95 Å². The lowest BCUT2D eigenvalue weighted by atomic mass is 10.2. The van der Waals surface area contributed by atoms with Gasteiger partial charge in [0.1, 0.15) is 6.33 Å². The van der Waals surface area contributed by atoms with Crippen molar-refractivity contribution in [2.24, 2.45) is 0 Å². The molecule has 0 amide bonds. The van der Waals surface area contributed by atoms with Crippen LogP contribution in [0.1, 0.15) is 37.3 Å². The number of ether oxygens (including phenoxy) is 4. The molecular formula is C29H22N4O8. The van der Waals surface area contributed by atoms with Crippen molar-refractivity contribution >= 4 is 23.9 Å². The van der Waals surface area contributed by atoms with Gasteiger partial charge in [-0.15, -0.1) is 0 Å². The van der Waals surface area contributed by atoms with Crippen LogP contribution in [0, 0.1) is 0 Å². The highest BCUT2D eigenvalue weighted by atomic mass is 16.6. The molecule has 0 spiro atoms. The van der Waals surface area contributed by atoms with E-state index in [0.29, 0.717) is 0 Å². The minimum Gasteiger partial charge on any atom is -0.462 e. The van der Waals surface area contributed by atoms with Gasteiger partial charge in [-0.1, -0.05) is 54.6 Å². The number of hydrogen-bond donors (Lipinski definition) is 1. The van der Waals surface area contributed by atoms with Gasteiger partial charge in [-0.25, -0.2) is 28.7 Å². The Bertz CT molecular complexity index is 1660. The predicted octanol–water partition coefficient (Wildman–Crippen LogP) is 2.90. The Hall–Kier alpha value is -5.78. The molecule has 0 aliphatic carbocycles. The smallest absolute Gasteiger partial charge is 0.355 e. The van der Waals surface area contributed by atoms with Gasteiger partial charge in [0.15, 0.2) is 18.1 Å². The van der Waals surface area contributed by atoms with E-state index in [1.165, 1.54) is 24.3 Å². The van der Waals surface area contributed by atoms with Crippen LogP contribution in [0.25, 0.3) is 0 Å². The Morgan fingerprint density at radius 1 is 0.805 bits per heavy atom. The number of benzene rings is 3. The van der Waals surface area contributed by atoms with Crippen molar-refractivity contribution < 1.29 is 33.3 Å². The normalized spacial score (nSPS) is 16.0. The highest BCUT2D eigenvalue weighted by molar-refractivity contribution is 5.91. The fraction of sp³-hybridized carbons (Fsp3) is 0.103. The van der Waals surface area contributed by atoms with Crippen LogP contribution in [-0.2, 0) is 18.9 Å². The van der Waals surface area contributed by atoms with Gasteiger partial charge in [-0.3, -0.25) is 0 Å². The van der Waals surface area contributed by atoms with E-state index in [9.17, 15) is 19.2 Å². The van der Waals surface area contributed by atoms with E-state index in [0.717, 1.165) is 10.9 Å². The van der Waals surface area contributed by atoms with Crippen LogP contribution in [0.5, 0.6) is 0 Å². The van der Waals surface area contributed by atoms with E-state index < -0.39 is 42.5 Å². The number of carbonyl (C=O) groups excluding carboxylic acids is 3. The molecule has 41 heavy (non-hydrogen) atoms. The molecule has 2 N–H and O–H groups in total. The van der Waals surface area contributed by atoms with Crippen molar-refractivity contribution in [3.63, 3.8) is 0 Å². The molecule has 2 atom stereocenters. The summed E-state index contributed by atoms with van der Waals surface area (Å²) < 4.78 is 23.7. The van der Waals surface area contributed by atoms with Gasteiger partial charge in [0.05, 0.1) is 16.7 Å². The summed E-state index contributed by atoms with van der Waals surface area (Å²) in [6.45, 7) is -0.522. The second-order valence-corrected chi connectivity index (χ2v) is 8.59. The fourth-order valence-corrected chi connectivity index (χ4v) is 3.90. The maximum absolute atomic E-state index is 13.1. The van der Waals surface area contributed by atoms with Gasteiger partial charge in [-0.2, -0.15) is 4.98 Å². The van der Waals surface area contributed by atoms with Crippen LogP contribution >= 0.6 is 0 Å². The standard InChI is InChI=1S/C29H22N4O8/c30-28-31-17-33(29(37)32-28)24-23(41-27(36)20-14-8-3-9-15-20)22(40-26(35)19-12-6-2-7-13-19)21(39-24)16-38-25(34)18-10-4-1-5-11-18/h1-15,17,23-24H,16H2,(H2,30,32,37)/t23?,24-/m1/s1. The second-order valence-electron chi connectivity index (χ2n) is 8.59. The van der Waals surface area contributed by atoms with E-state index in [2.05, 4.69) is 9.97 Å². The van der Waals surface area contributed by atoms with Crippen molar-refractivity contribution in [3.8, 4) is 0 Å². The van der Waals surface area contributed by atoms with Gasteiger partial charge >= 0.3 is 23.6 Å². The Morgan fingerprint density at radius 2 is 1.34 bits per heavy atom. The van der Waals surface area contributed by atoms with Gasteiger partial charge < -0.3 is 24.7 Å². The zero-order valence-corrected chi connectivity index (χ0v) is 21.3. The van der Waals surface area contributed by atoms with E-state index in [1.807, 2.05) is 0 Å². The lowest BCUT2D eigenvalue weighted by Gasteiger charge is -2.22. The number of esters is 3. The van der Waals surface area contributed by atoms with Crippen molar-refractivity contribution in [2.75, 3.05) is 12.3 Å². The Kier molecular flexibility index (Phi) is 7.81. The van der Waals surface area contributed by atoms with E-state index in [-0.39, 0.29) is 34.2 Å². The molecule has 1 aliphatic rings. The third-order valence-electron chi connectivity index (χ3n) is 5.87. The van der Waals surface area contributed by atoms with Gasteiger partial charge in [-0.05, 0) is 36.4 Å². The molecule has 0 fully saturated rings. The number of anilines is 1. The quantitative estimate of drug-likeness (QED) is 0.252. The molecule has 0 saturated heterocycles. The number of nitrogens with zero attached hydrogens (tertiary/aromatic N) is 3. The summed E-state index contributed by atoms with van der Waals surface area (Å²) in [6.07, 6.45) is -1.88. The molecule has 5 rings (SSSR count). The first-order valence-electron chi connectivity index (χ1n) is 12.3. The first kappa shape index (κ1) is 26.8. The van der Waals surface area contributed by atoms with Crippen LogP contribution in [-0.4, -0.2) is 45.2 Å². The first-order valence-corrected chi connectivity index (χ1v) is 12.3. The largest absolute Gasteiger partial charge is 0.462 e. The molecule has 12 nitrogen and oxygen atoms in total. The number of nitrogen functional groups attached to an aromatic ring is 1. The lowest BCUT2D eigenvalue weighted by Crippen LogP contribution is -2.36. The topological polar surface area (TPSA) is 162 Å². The van der Waals surface area contributed by atoms with E-state index in [4.69, 9.17) is 24.7 Å². The lowest BCUT2D eigenvalue weighted by molar-refractivity contribution is -0.0403. The monoisotopic (exact) mass is 554 g/mol. The third kappa shape index (κ3) is 6.11. The highest BCUT2D eigenvalue weighted by Gasteiger charge is 2.45. The van der Waals surface area contributed by atoms with Crippen LogP contribution in [0.2, 0.25) is 0 Å². The van der Waals surface area contributed by atoms with Crippen molar-refractivity contribution in [3.05, 3.63) is 136 Å². The number of carbonyl (C=O) groups is 3. The number of rotatable bonds is 8. The number of aromatic nitrogens is 3. The minimum atomic E-state index is -1.49. The van der Waals surface area contributed by atoms with Crippen LogP contribution in [0.15, 0.2) is 114 Å². The van der Waals surface area contributed by atoms with Gasteiger partial charge in [0, 0.05) is 0 Å². The number of hydrogen-bond acceptors (Lipinski definition) is 11. The molecule has 0 radical (unpaired) electrons. The summed E-state index contributed by atoms with van der Waals surface area (Å²) in [5.41, 5.74) is 5.30. The summed E-state index contributed by atoms with van der Waals surface area (Å²) in [4.78, 5) is 59.0. The molecule has 0 bridgehead atoms. The summed E-state index contributed by atoms with van der Waals surface area (Å²) in [5, 5.41) is 0. The molecule has 3 aromatic carbocycles. The zero-order chi connectivity index (χ0) is 28.8. The molecule has 2 heterocycles. The summed E-state index contributed by atoms with van der Waals surface area (Å²) in [5.74, 6) is -3.04.